The number of carbonyl (C=O) groups excluding carboxylic acids is 2. The molecule has 1 N–H and O–H groups in total. The number of aryl methyl sites for hydroxylation is 1. The van der Waals surface area contributed by atoms with Crippen LogP contribution in [-0.4, -0.2) is 16.8 Å². The van der Waals surface area contributed by atoms with E-state index in [1.807, 2.05) is 19.1 Å². The van der Waals surface area contributed by atoms with Gasteiger partial charge in [-0.15, -0.1) is 0 Å². The number of imide groups is 1. The highest BCUT2D eigenvalue weighted by Crippen LogP contribution is 2.23. The van der Waals surface area contributed by atoms with Gasteiger partial charge in [-0.2, -0.15) is 0 Å². The second kappa shape index (κ2) is 3.81. The fourth-order valence-electron chi connectivity index (χ4n) is 1.70. The Morgan fingerprint density at radius 2 is 2.20 bits per heavy atom. The molecule has 15 heavy (non-hydrogen) atoms. The molecule has 0 radical (unpaired) electrons. The number of carbonyl (C=O) groups is 2. The molecule has 1 fully saturated rings. The number of amides is 2. The third-order valence-corrected chi connectivity index (χ3v) is 2.58. The van der Waals surface area contributed by atoms with Crippen molar-refractivity contribution in [1.82, 2.24) is 10.3 Å². The van der Waals surface area contributed by atoms with Gasteiger partial charge in [-0.25, -0.2) is 0 Å². The Morgan fingerprint density at radius 1 is 1.40 bits per heavy atom. The van der Waals surface area contributed by atoms with Gasteiger partial charge in [-0.1, -0.05) is 6.07 Å². The predicted molar refractivity (Wildman–Crippen MR) is 54.1 cm³/mol. The van der Waals surface area contributed by atoms with Gasteiger partial charge in [-0.05, 0) is 25.0 Å². The summed E-state index contributed by atoms with van der Waals surface area (Å²) < 4.78 is 0. The summed E-state index contributed by atoms with van der Waals surface area (Å²) in [5.41, 5.74) is 1.80. The fraction of sp³-hybridized carbons (Fsp3) is 0.364. The molecule has 4 heteroatoms. The van der Waals surface area contributed by atoms with E-state index < -0.39 is 0 Å². The summed E-state index contributed by atoms with van der Waals surface area (Å²) in [7, 11) is 0. The Morgan fingerprint density at radius 3 is 2.80 bits per heavy atom. The molecule has 1 atom stereocenters. The molecule has 1 aromatic heterocycles. The van der Waals surface area contributed by atoms with Crippen LogP contribution in [0.15, 0.2) is 18.3 Å². The molecule has 4 nitrogen and oxygen atoms in total. The lowest BCUT2D eigenvalue weighted by molar-refractivity contribution is -0.134. The maximum Gasteiger partial charge on any atom is 0.234 e. The third-order valence-electron chi connectivity index (χ3n) is 2.58. The van der Waals surface area contributed by atoms with Gasteiger partial charge in [0.2, 0.25) is 11.8 Å². The smallest absolute Gasteiger partial charge is 0.234 e. The Balaban J connectivity index is 2.20. The van der Waals surface area contributed by atoms with Crippen molar-refractivity contribution < 1.29 is 9.59 Å². The largest absolute Gasteiger partial charge is 0.296 e. The van der Waals surface area contributed by atoms with Crippen molar-refractivity contribution in [2.24, 2.45) is 0 Å². The van der Waals surface area contributed by atoms with E-state index in [0.29, 0.717) is 12.8 Å². The van der Waals surface area contributed by atoms with Crippen LogP contribution in [0.1, 0.15) is 30.0 Å². The van der Waals surface area contributed by atoms with E-state index in [-0.39, 0.29) is 17.7 Å². The quantitative estimate of drug-likeness (QED) is 0.692. The van der Waals surface area contributed by atoms with Crippen LogP contribution in [0.5, 0.6) is 0 Å². The maximum absolute atomic E-state index is 11.5. The lowest BCUT2D eigenvalue weighted by atomic mass is 9.91. The summed E-state index contributed by atoms with van der Waals surface area (Å²) in [6.07, 6.45) is 2.69. The first kappa shape index (κ1) is 9.83. The topological polar surface area (TPSA) is 59.1 Å². The molecule has 0 aliphatic carbocycles. The zero-order valence-corrected chi connectivity index (χ0v) is 8.49. The number of piperidine rings is 1. The lowest BCUT2D eigenvalue weighted by Gasteiger charge is -2.20. The molecule has 1 aliphatic heterocycles. The van der Waals surface area contributed by atoms with Crippen LogP contribution in [0, 0.1) is 6.92 Å². The summed E-state index contributed by atoms with van der Waals surface area (Å²) in [5.74, 6) is -0.621. The fourth-order valence-corrected chi connectivity index (χ4v) is 1.70. The maximum atomic E-state index is 11.5. The van der Waals surface area contributed by atoms with Gasteiger partial charge in [0.15, 0.2) is 0 Å². The highest BCUT2D eigenvalue weighted by atomic mass is 16.2. The zero-order chi connectivity index (χ0) is 10.8. The number of nitrogens with one attached hydrogen (secondary N) is 1. The molecule has 1 aliphatic rings. The minimum absolute atomic E-state index is 0.184. The van der Waals surface area contributed by atoms with E-state index in [0.717, 1.165) is 11.3 Å². The summed E-state index contributed by atoms with van der Waals surface area (Å²) >= 11 is 0. The molecular formula is C11H12N2O2. The molecule has 0 aromatic carbocycles. The third kappa shape index (κ3) is 2.03. The van der Waals surface area contributed by atoms with Crippen LogP contribution >= 0.6 is 0 Å². The highest BCUT2D eigenvalue weighted by Gasteiger charge is 2.27. The number of aromatic nitrogens is 1. The number of rotatable bonds is 1. The van der Waals surface area contributed by atoms with Gasteiger partial charge < -0.3 is 0 Å². The van der Waals surface area contributed by atoms with Gasteiger partial charge in [0, 0.05) is 18.3 Å². The molecule has 0 saturated carbocycles. The van der Waals surface area contributed by atoms with Crippen molar-refractivity contribution in [2.45, 2.75) is 25.7 Å². The molecule has 0 spiro atoms. The SMILES string of the molecule is Cc1ccc([C@H]2CCC(=O)NC2=O)cn1. The number of hydrogen-bond donors (Lipinski definition) is 1. The second-order valence-electron chi connectivity index (χ2n) is 3.74. The monoisotopic (exact) mass is 204 g/mol. The van der Waals surface area contributed by atoms with Crippen molar-refractivity contribution in [1.29, 1.82) is 0 Å². The van der Waals surface area contributed by atoms with E-state index in [2.05, 4.69) is 10.3 Å². The van der Waals surface area contributed by atoms with Crippen LogP contribution in [-0.2, 0) is 9.59 Å². The molecule has 2 amide bonds. The highest BCUT2D eigenvalue weighted by molar-refractivity contribution is 6.00. The second-order valence-corrected chi connectivity index (χ2v) is 3.74. The molecular weight excluding hydrogens is 192 g/mol. The van der Waals surface area contributed by atoms with Crippen LogP contribution in [0.4, 0.5) is 0 Å². The Bertz CT molecular complexity index is 398. The van der Waals surface area contributed by atoms with Crippen molar-refractivity contribution in [3.05, 3.63) is 29.6 Å². The Hall–Kier alpha value is -1.71. The zero-order valence-electron chi connectivity index (χ0n) is 8.49. The number of hydrogen-bond acceptors (Lipinski definition) is 3. The summed E-state index contributed by atoms with van der Waals surface area (Å²) in [5, 5.41) is 2.34. The van der Waals surface area contributed by atoms with E-state index in [1.165, 1.54) is 0 Å². The summed E-state index contributed by atoms with van der Waals surface area (Å²) in [4.78, 5) is 26.6. The first-order valence-electron chi connectivity index (χ1n) is 4.93. The van der Waals surface area contributed by atoms with E-state index >= 15 is 0 Å². The molecule has 1 saturated heterocycles. The van der Waals surface area contributed by atoms with Gasteiger partial charge >= 0.3 is 0 Å². The molecule has 0 unspecified atom stereocenters. The molecule has 1 aromatic rings. The molecule has 78 valence electrons. The summed E-state index contributed by atoms with van der Waals surface area (Å²) in [6.45, 7) is 1.90. The van der Waals surface area contributed by atoms with Crippen LogP contribution in [0.25, 0.3) is 0 Å². The predicted octanol–water partition coefficient (Wildman–Crippen LogP) is 0.910. The average Bonchev–Trinajstić information content (AvgIpc) is 2.20. The van der Waals surface area contributed by atoms with Crippen molar-refractivity contribution >= 4 is 11.8 Å². The molecule has 0 bridgehead atoms. The normalized spacial score (nSPS) is 21.3. The van der Waals surface area contributed by atoms with Crippen LogP contribution in [0.2, 0.25) is 0 Å². The van der Waals surface area contributed by atoms with E-state index in [1.54, 1.807) is 6.20 Å². The van der Waals surface area contributed by atoms with Crippen LogP contribution < -0.4 is 5.32 Å². The van der Waals surface area contributed by atoms with E-state index in [4.69, 9.17) is 0 Å². The van der Waals surface area contributed by atoms with E-state index in [9.17, 15) is 9.59 Å². The number of nitrogens with zero attached hydrogens (tertiary/aromatic N) is 1. The van der Waals surface area contributed by atoms with Crippen molar-refractivity contribution in [3.63, 3.8) is 0 Å². The minimum Gasteiger partial charge on any atom is -0.296 e. The first-order valence-corrected chi connectivity index (χ1v) is 4.93. The van der Waals surface area contributed by atoms with Gasteiger partial charge in [-0.3, -0.25) is 19.9 Å². The Labute approximate surface area is 87.7 Å². The van der Waals surface area contributed by atoms with Gasteiger partial charge in [0.1, 0.15) is 0 Å². The number of pyridine rings is 1. The van der Waals surface area contributed by atoms with Gasteiger partial charge in [0.05, 0.1) is 5.92 Å². The Kier molecular flexibility index (Phi) is 2.49. The van der Waals surface area contributed by atoms with Crippen LogP contribution in [0.3, 0.4) is 0 Å². The van der Waals surface area contributed by atoms with Gasteiger partial charge in [0.25, 0.3) is 0 Å². The first-order chi connectivity index (χ1) is 7.16. The lowest BCUT2D eigenvalue weighted by Crippen LogP contribution is -2.39. The molecule has 2 heterocycles. The minimum atomic E-state index is -0.226. The average molecular weight is 204 g/mol. The standard InChI is InChI=1S/C11H12N2O2/c1-7-2-3-8(6-12-7)9-4-5-10(14)13-11(9)15/h2-3,6,9H,4-5H2,1H3,(H,13,14,15)/t9-/m1/s1. The summed E-state index contributed by atoms with van der Waals surface area (Å²) in [6, 6.07) is 3.77. The molecule has 2 rings (SSSR count). The van der Waals surface area contributed by atoms with Crippen molar-refractivity contribution in [3.8, 4) is 0 Å². The van der Waals surface area contributed by atoms with Crippen molar-refractivity contribution in [2.75, 3.05) is 0 Å².